The van der Waals surface area contributed by atoms with Crippen LogP contribution in [0.2, 0.25) is 0 Å². The van der Waals surface area contributed by atoms with Crippen molar-refractivity contribution in [2.24, 2.45) is 5.92 Å². The van der Waals surface area contributed by atoms with Crippen LogP contribution in [-0.4, -0.2) is 95.1 Å². The van der Waals surface area contributed by atoms with Gasteiger partial charge in [0, 0.05) is 12.1 Å². The molecule has 0 radical (unpaired) electrons. The maximum atomic E-state index is 15.0. The number of halogens is 2. The lowest BCUT2D eigenvalue weighted by molar-refractivity contribution is -0.0924. The lowest BCUT2D eigenvalue weighted by atomic mass is 10.1. The Hall–Kier alpha value is -3.81. The highest BCUT2D eigenvalue weighted by Gasteiger charge is 2.66. The molecule has 4 bridgehead atoms. The van der Waals surface area contributed by atoms with Gasteiger partial charge >= 0.3 is 18.0 Å². The Kier molecular flexibility index (Phi) is 4.75. The number of morpholine rings is 1. The summed E-state index contributed by atoms with van der Waals surface area (Å²) in [6, 6.07) is 1.67. The number of anilines is 1. The average Bonchev–Trinajstić information content (AvgIpc) is 3.19. The number of piperidine rings is 1. The SMILES string of the molecule is COc1ncc(-c2cc3c(N4CC(OC(=O)N5CC6CC7C(O6)C75)C(F)(F)C4)ncnc3o2)c(OC)n1. The van der Waals surface area contributed by atoms with E-state index in [0.717, 1.165) is 6.42 Å². The third kappa shape index (κ3) is 3.45. The van der Waals surface area contributed by atoms with Crippen LogP contribution in [0.4, 0.5) is 19.4 Å². The van der Waals surface area contributed by atoms with Crippen molar-refractivity contribution in [2.75, 3.05) is 38.8 Å². The van der Waals surface area contributed by atoms with E-state index in [1.54, 1.807) is 11.0 Å². The second-order valence-electron chi connectivity index (χ2n) is 9.59. The van der Waals surface area contributed by atoms with E-state index in [1.807, 2.05) is 0 Å². The number of nitrogens with zero attached hydrogens (tertiary/aromatic N) is 6. The molecule has 1 saturated carbocycles. The maximum Gasteiger partial charge on any atom is 0.410 e. The standard InChI is InChI=1S/C23H22F2N6O6/c1-33-20-13(5-26-21(29-20)34-2)14-4-12-18(27-9-28-19(12)36-14)30-7-15(23(24,25)8-30)37-22(32)31-6-10-3-11-16(31)17(11)35-10/h4-5,9-11,15-17H,3,6-8H2,1-2H3. The number of alkyl halides is 2. The average molecular weight is 516 g/mol. The van der Waals surface area contributed by atoms with Crippen LogP contribution in [0.15, 0.2) is 23.0 Å². The molecular formula is C23H22F2N6O6. The van der Waals surface area contributed by atoms with E-state index in [9.17, 15) is 4.79 Å². The largest absolute Gasteiger partial charge is 0.480 e. The predicted molar refractivity (Wildman–Crippen MR) is 121 cm³/mol. The molecule has 0 N–H and O–H groups in total. The molecule has 4 saturated heterocycles. The molecule has 194 valence electrons. The third-order valence-electron chi connectivity index (χ3n) is 7.42. The topological polar surface area (TPSA) is 125 Å². The van der Waals surface area contributed by atoms with Gasteiger partial charge in [-0.05, 0) is 12.5 Å². The van der Waals surface area contributed by atoms with Gasteiger partial charge in [-0.15, -0.1) is 0 Å². The molecule has 0 aromatic carbocycles. The van der Waals surface area contributed by atoms with E-state index in [0.29, 0.717) is 29.2 Å². The van der Waals surface area contributed by atoms with Crippen LogP contribution >= 0.6 is 0 Å². The monoisotopic (exact) mass is 516 g/mol. The Morgan fingerprint density at radius 2 is 2.05 bits per heavy atom. The minimum Gasteiger partial charge on any atom is -0.480 e. The second kappa shape index (κ2) is 7.84. The number of aromatic nitrogens is 4. The van der Waals surface area contributed by atoms with Crippen LogP contribution in [0.3, 0.4) is 0 Å². The molecule has 8 rings (SSSR count). The summed E-state index contributed by atoms with van der Waals surface area (Å²) in [5.41, 5.74) is 0.613. The fraction of sp³-hybridized carbons (Fsp3) is 0.522. The van der Waals surface area contributed by atoms with Gasteiger partial charge in [0.2, 0.25) is 11.6 Å². The smallest absolute Gasteiger partial charge is 0.410 e. The molecule has 12 nitrogen and oxygen atoms in total. The summed E-state index contributed by atoms with van der Waals surface area (Å²) in [6.45, 7) is -0.528. The Bertz CT molecular complexity index is 1390. The molecule has 7 heterocycles. The van der Waals surface area contributed by atoms with Crippen LogP contribution in [-0.2, 0) is 9.47 Å². The number of methoxy groups -OCH3 is 2. The van der Waals surface area contributed by atoms with E-state index < -0.39 is 24.7 Å². The van der Waals surface area contributed by atoms with Crippen molar-refractivity contribution in [3.63, 3.8) is 0 Å². The third-order valence-corrected chi connectivity index (χ3v) is 7.42. The van der Waals surface area contributed by atoms with Crippen LogP contribution in [0.25, 0.3) is 22.4 Å². The molecule has 5 atom stereocenters. The van der Waals surface area contributed by atoms with Crippen molar-refractivity contribution >= 4 is 23.0 Å². The lowest BCUT2D eigenvalue weighted by Gasteiger charge is -2.34. The molecule has 0 spiro atoms. The molecule has 5 fully saturated rings. The number of ether oxygens (including phenoxy) is 4. The fourth-order valence-corrected chi connectivity index (χ4v) is 5.66. The van der Waals surface area contributed by atoms with Gasteiger partial charge in [-0.1, -0.05) is 0 Å². The number of furan rings is 1. The van der Waals surface area contributed by atoms with E-state index in [4.69, 9.17) is 23.4 Å². The van der Waals surface area contributed by atoms with Gasteiger partial charge in [-0.2, -0.15) is 4.98 Å². The fourth-order valence-electron chi connectivity index (χ4n) is 5.66. The number of rotatable bonds is 5. The predicted octanol–water partition coefficient (Wildman–Crippen LogP) is 2.13. The van der Waals surface area contributed by atoms with Gasteiger partial charge in [-0.3, -0.25) is 4.90 Å². The first-order chi connectivity index (χ1) is 17.9. The van der Waals surface area contributed by atoms with Gasteiger partial charge in [0.25, 0.3) is 0 Å². The van der Waals surface area contributed by atoms with Crippen LogP contribution in [0, 0.1) is 5.92 Å². The normalized spacial score (nSPS) is 29.0. The second-order valence-corrected chi connectivity index (χ2v) is 9.59. The molecule has 3 aromatic rings. The number of hydrogen-bond donors (Lipinski definition) is 0. The molecule has 4 aliphatic heterocycles. The summed E-state index contributed by atoms with van der Waals surface area (Å²) in [7, 11) is 2.87. The molecule has 14 heteroatoms. The zero-order valence-electron chi connectivity index (χ0n) is 19.8. The summed E-state index contributed by atoms with van der Waals surface area (Å²) in [5.74, 6) is -2.22. The van der Waals surface area contributed by atoms with E-state index >= 15 is 8.78 Å². The zero-order chi connectivity index (χ0) is 25.5. The number of fused-ring (bicyclic) bond motifs is 2. The quantitative estimate of drug-likeness (QED) is 0.495. The molecule has 5 unspecified atom stereocenters. The Morgan fingerprint density at radius 1 is 1.19 bits per heavy atom. The van der Waals surface area contributed by atoms with Gasteiger partial charge in [0.15, 0.2) is 6.10 Å². The van der Waals surface area contributed by atoms with Crippen molar-refractivity contribution in [2.45, 2.75) is 36.7 Å². The van der Waals surface area contributed by atoms with E-state index in [-0.39, 0.29) is 48.2 Å². The van der Waals surface area contributed by atoms with E-state index in [2.05, 4.69) is 19.9 Å². The van der Waals surface area contributed by atoms with Crippen molar-refractivity contribution in [1.82, 2.24) is 24.8 Å². The Labute approximate surface area is 208 Å². The lowest BCUT2D eigenvalue weighted by Crippen LogP contribution is -2.50. The highest BCUT2D eigenvalue weighted by Crippen LogP contribution is 2.53. The van der Waals surface area contributed by atoms with Crippen molar-refractivity contribution in [3.05, 3.63) is 18.6 Å². The van der Waals surface area contributed by atoms with Crippen LogP contribution in [0.5, 0.6) is 11.9 Å². The molecule has 37 heavy (non-hydrogen) atoms. The summed E-state index contributed by atoms with van der Waals surface area (Å²) < 4.78 is 57.4. The summed E-state index contributed by atoms with van der Waals surface area (Å²) in [4.78, 5) is 32.3. The zero-order valence-corrected chi connectivity index (χ0v) is 19.8. The van der Waals surface area contributed by atoms with E-state index in [1.165, 1.54) is 31.6 Å². The van der Waals surface area contributed by atoms with Gasteiger partial charge < -0.3 is 28.3 Å². The van der Waals surface area contributed by atoms with Gasteiger partial charge in [0.1, 0.15) is 17.9 Å². The van der Waals surface area contributed by atoms with Crippen LogP contribution < -0.4 is 14.4 Å². The van der Waals surface area contributed by atoms with Crippen molar-refractivity contribution in [3.8, 4) is 23.2 Å². The molecular weight excluding hydrogens is 494 g/mol. The first-order valence-corrected chi connectivity index (χ1v) is 11.8. The molecule has 3 aromatic heterocycles. The first-order valence-electron chi connectivity index (χ1n) is 11.8. The summed E-state index contributed by atoms with van der Waals surface area (Å²) in [6.07, 6.45) is 1.26. The highest BCUT2D eigenvalue weighted by molar-refractivity contribution is 5.90. The Balaban J connectivity index is 1.14. The molecule has 1 amide bonds. The highest BCUT2D eigenvalue weighted by atomic mass is 19.3. The number of carbonyl (C=O) groups is 1. The van der Waals surface area contributed by atoms with Gasteiger partial charge in [-0.25, -0.2) is 28.5 Å². The van der Waals surface area contributed by atoms with Gasteiger partial charge in [0.05, 0.1) is 63.1 Å². The maximum absolute atomic E-state index is 15.0. The number of carbonyl (C=O) groups excluding carboxylic acids is 1. The Morgan fingerprint density at radius 3 is 2.78 bits per heavy atom. The minimum absolute atomic E-state index is 0.0196. The van der Waals surface area contributed by atoms with Crippen molar-refractivity contribution < 1.29 is 36.9 Å². The number of hydrogen-bond acceptors (Lipinski definition) is 11. The minimum atomic E-state index is -3.27. The van der Waals surface area contributed by atoms with Crippen molar-refractivity contribution in [1.29, 1.82) is 0 Å². The molecule has 5 aliphatic rings. The summed E-state index contributed by atoms with van der Waals surface area (Å²) in [5, 5.41) is 0.409. The first kappa shape index (κ1) is 22.4. The summed E-state index contributed by atoms with van der Waals surface area (Å²) >= 11 is 0. The van der Waals surface area contributed by atoms with Crippen LogP contribution in [0.1, 0.15) is 6.42 Å². The molecule has 1 aliphatic carbocycles. The number of amides is 1.